The zero-order chi connectivity index (χ0) is 14.4. The molecule has 1 atom stereocenters. The Labute approximate surface area is 130 Å². The second kappa shape index (κ2) is 8.85. The number of nitrogens with one attached hydrogen (secondary N) is 2. The van der Waals surface area contributed by atoms with Gasteiger partial charge in [0.05, 0.1) is 12.3 Å². The second-order valence-corrected chi connectivity index (χ2v) is 5.02. The number of benzene rings is 1. The third kappa shape index (κ3) is 5.52. The van der Waals surface area contributed by atoms with Crippen LogP contribution in [0.2, 0.25) is 0 Å². The molecule has 1 fully saturated rings. The van der Waals surface area contributed by atoms with E-state index < -0.39 is 0 Å². The second-order valence-electron chi connectivity index (χ2n) is 5.02. The van der Waals surface area contributed by atoms with Crippen molar-refractivity contribution in [1.29, 1.82) is 0 Å². The van der Waals surface area contributed by atoms with E-state index in [9.17, 15) is 9.18 Å². The molecule has 6 heteroatoms. The Bertz CT molecular complexity index is 465. The summed E-state index contributed by atoms with van der Waals surface area (Å²) in [6, 6.07) is 4.15. The van der Waals surface area contributed by atoms with E-state index in [2.05, 4.69) is 10.6 Å². The fourth-order valence-electron chi connectivity index (χ4n) is 2.38. The van der Waals surface area contributed by atoms with Crippen molar-refractivity contribution in [2.24, 2.45) is 5.92 Å². The Kier molecular flexibility index (Phi) is 7.47. The van der Waals surface area contributed by atoms with Crippen molar-refractivity contribution < 1.29 is 13.9 Å². The van der Waals surface area contributed by atoms with E-state index in [1.54, 1.807) is 0 Å². The lowest BCUT2D eigenvalue weighted by Crippen LogP contribution is -2.15. The van der Waals surface area contributed by atoms with Gasteiger partial charge in [-0.2, -0.15) is 0 Å². The molecule has 0 saturated carbocycles. The zero-order valence-corrected chi connectivity index (χ0v) is 13.0. The van der Waals surface area contributed by atoms with E-state index in [-0.39, 0.29) is 24.1 Å². The van der Waals surface area contributed by atoms with Gasteiger partial charge in [0.1, 0.15) is 11.6 Å². The predicted molar refractivity (Wildman–Crippen MR) is 83.7 cm³/mol. The first-order valence-electron chi connectivity index (χ1n) is 7.12. The normalized spacial score (nSPS) is 17.1. The van der Waals surface area contributed by atoms with Gasteiger partial charge in [-0.15, -0.1) is 12.4 Å². The first kappa shape index (κ1) is 17.7. The number of hydrogen-bond acceptors (Lipinski definition) is 3. The van der Waals surface area contributed by atoms with E-state index in [4.69, 9.17) is 4.74 Å². The summed E-state index contributed by atoms with van der Waals surface area (Å²) < 4.78 is 18.5. The molecule has 0 spiro atoms. The molecule has 21 heavy (non-hydrogen) atoms. The Hall–Kier alpha value is -1.33. The SMILES string of the molecule is CCOc1cc(F)ccc1NC(=O)CCC1CCNC1.Cl. The molecule has 2 rings (SSSR count). The summed E-state index contributed by atoms with van der Waals surface area (Å²) in [6.07, 6.45) is 2.49. The van der Waals surface area contributed by atoms with E-state index in [1.807, 2.05) is 6.92 Å². The molecule has 1 aromatic carbocycles. The quantitative estimate of drug-likeness (QED) is 0.848. The summed E-state index contributed by atoms with van der Waals surface area (Å²) in [7, 11) is 0. The molecule has 0 bridgehead atoms. The molecule has 4 nitrogen and oxygen atoms in total. The van der Waals surface area contributed by atoms with Crippen LogP contribution in [0, 0.1) is 11.7 Å². The molecular formula is C15H22ClFN2O2. The van der Waals surface area contributed by atoms with Gasteiger partial charge in [0, 0.05) is 12.5 Å². The van der Waals surface area contributed by atoms with Gasteiger partial charge in [-0.05, 0) is 50.9 Å². The van der Waals surface area contributed by atoms with Crippen LogP contribution in [0.25, 0.3) is 0 Å². The number of rotatable bonds is 6. The summed E-state index contributed by atoms with van der Waals surface area (Å²) in [5.74, 6) is 0.539. The van der Waals surface area contributed by atoms with Gasteiger partial charge in [0.25, 0.3) is 0 Å². The molecule has 0 aromatic heterocycles. The number of carbonyl (C=O) groups excluding carboxylic acids is 1. The van der Waals surface area contributed by atoms with E-state index in [0.29, 0.717) is 30.4 Å². The van der Waals surface area contributed by atoms with Gasteiger partial charge in [0.2, 0.25) is 5.91 Å². The topological polar surface area (TPSA) is 50.4 Å². The minimum absolute atomic E-state index is 0. The molecule has 118 valence electrons. The fourth-order valence-corrected chi connectivity index (χ4v) is 2.38. The molecule has 0 radical (unpaired) electrons. The van der Waals surface area contributed by atoms with E-state index in [0.717, 1.165) is 25.9 Å². The lowest BCUT2D eigenvalue weighted by atomic mass is 10.0. The van der Waals surface area contributed by atoms with Crippen LogP contribution in [-0.4, -0.2) is 25.6 Å². The molecule has 0 aliphatic carbocycles. The number of ether oxygens (including phenoxy) is 1. The van der Waals surface area contributed by atoms with E-state index >= 15 is 0 Å². The van der Waals surface area contributed by atoms with Crippen LogP contribution in [0.15, 0.2) is 18.2 Å². The van der Waals surface area contributed by atoms with Gasteiger partial charge in [-0.25, -0.2) is 4.39 Å². The Morgan fingerprint density at radius 2 is 2.33 bits per heavy atom. The standard InChI is InChI=1S/C15H21FN2O2.ClH/c1-2-20-14-9-12(16)4-5-13(14)18-15(19)6-3-11-7-8-17-10-11;/h4-5,9,11,17H,2-3,6-8,10H2,1H3,(H,18,19);1H. The summed E-state index contributed by atoms with van der Waals surface area (Å²) >= 11 is 0. The Morgan fingerprint density at radius 1 is 1.52 bits per heavy atom. The van der Waals surface area contributed by atoms with Crippen LogP contribution < -0.4 is 15.4 Å². The van der Waals surface area contributed by atoms with Crippen molar-refractivity contribution in [2.75, 3.05) is 25.0 Å². The van der Waals surface area contributed by atoms with Crippen LogP contribution in [-0.2, 0) is 4.79 Å². The summed E-state index contributed by atoms with van der Waals surface area (Å²) in [5, 5.41) is 6.08. The third-order valence-electron chi connectivity index (χ3n) is 3.46. The molecule has 1 amide bonds. The smallest absolute Gasteiger partial charge is 0.224 e. The number of anilines is 1. The van der Waals surface area contributed by atoms with Crippen LogP contribution in [0.4, 0.5) is 10.1 Å². The highest BCUT2D eigenvalue weighted by Gasteiger charge is 2.16. The van der Waals surface area contributed by atoms with Crippen molar-refractivity contribution >= 4 is 24.0 Å². The van der Waals surface area contributed by atoms with Gasteiger partial charge in [0.15, 0.2) is 0 Å². The first-order valence-corrected chi connectivity index (χ1v) is 7.12. The van der Waals surface area contributed by atoms with Gasteiger partial charge < -0.3 is 15.4 Å². The van der Waals surface area contributed by atoms with Crippen LogP contribution in [0.5, 0.6) is 5.75 Å². The maximum atomic E-state index is 13.2. The maximum absolute atomic E-state index is 13.2. The molecule has 1 aromatic rings. The van der Waals surface area contributed by atoms with E-state index in [1.165, 1.54) is 18.2 Å². The third-order valence-corrected chi connectivity index (χ3v) is 3.46. The largest absolute Gasteiger partial charge is 0.492 e. The summed E-state index contributed by atoms with van der Waals surface area (Å²) in [4.78, 5) is 11.9. The molecule has 1 heterocycles. The summed E-state index contributed by atoms with van der Waals surface area (Å²) in [6.45, 7) is 4.29. The Balaban J connectivity index is 0.00000220. The van der Waals surface area contributed by atoms with Crippen molar-refractivity contribution in [3.05, 3.63) is 24.0 Å². The number of amides is 1. The molecular weight excluding hydrogens is 295 g/mol. The van der Waals surface area contributed by atoms with Gasteiger partial charge in [-0.3, -0.25) is 4.79 Å². The molecule has 1 aliphatic rings. The lowest BCUT2D eigenvalue weighted by molar-refractivity contribution is -0.116. The Morgan fingerprint density at radius 3 is 3.00 bits per heavy atom. The van der Waals surface area contributed by atoms with Crippen molar-refractivity contribution in [3.63, 3.8) is 0 Å². The molecule has 1 aliphatic heterocycles. The highest BCUT2D eigenvalue weighted by molar-refractivity contribution is 5.92. The highest BCUT2D eigenvalue weighted by atomic mass is 35.5. The van der Waals surface area contributed by atoms with Crippen LogP contribution in [0.3, 0.4) is 0 Å². The molecule has 2 N–H and O–H groups in total. The average Bonchev–Trinajstić information content (AvgIpc) is 2.93. The van der Waals surface area contributed by atoms with Gasteiger partial charge >= 0.3 is 0 Å². The predicted octanol–water partition coefficient (Wildman–Crippen LogP) is 2.97. The number of carbonyl (C=O) groups is 1. The number of hydrogen-bond donors (Lipinski definition) is 2. The van der Waals surface area contributed by atoms with Gasteiger partial charge in [-0.1, -0.05) is 0 Å². The highest BCUT2D eigenvalue weighted by Crippen LogP contribution is 2.26. The van der Waals surface area contributed by atoms with Crippen LogP contribution >= 0.6 is 12.4 Å². The maximum Gasteiger partial charge on any atom is 0.224 e. The summed E-state index contributed by atoms with van der Waals surface area (Å²) in [5.41, 5.74) is 0.530. The number of halogens is 2. The first-order chi connectivity index (χ1) is 9.69. The van der Waals surface area contributed by atoms with Crippen molar-refractivity contribution in [2.45, 2.75) is 26.2 Å². The van der Waals surface area contributed by atoms with Crippen molar-refractivity contribution in [1.82, 2.24) is 5.32 Å². The lowest BCUT2D eigenvalue weighted by Gasteiger charge is -2.12. The molecule has 1 saturated heterocycles. The minimum atomic E-state index is -0.372. The minimum Gasteiger partial charge on any atom is -0.492 e. The zero-order valence-electron chi connectivity index (χ0n) is 12.2. The average molecular weight is 317 g/mol. The van der Waals surface area contributed by atoms with Crippen molar-refractivity contribution in [3.8, 4) is 5.75 Å². The molecule has 1 unspecified atom stereocenters. The van der Waals surface area contributed by atoms with Crippen LogP contribution in [0.1, 0.15) is 26.2 Å². The monoisotopic (exact) mass is 316 g/mol. The fraction of sp³-hybridized carbons (Fsp3) is 0.533.